The van der Waals surface area contributed by atoms with Crippen molar-refractivity contribution < 1.29 is 13.5 Å². The van der Waals surface area contributed by atoms with Crippen molar-refractivity contribution in [3.05, 3.63) is 29.3 Å². The van der Waals surface area contributed by atoms with E-state index in [1.165, 1.54) is 12.1 Å². The normalized spacial score (nSPS) is 22.7. The first kappa shape index (κ1) is 16.0. The van der Waals surface area contributed by atoms with Crippen LogP contribution in [0.25, 0.3) is 0 Å². The van der Waals surface area contributed by atoms with Gasteiger partial charge in [-0.3, -0.25) is 0 Å². The standard InChI is InChI=1S/C15H20N2O3S/c1-11-8-12(9-16)6-7-15(11)21(19,20)17-14-5-3-2-4-13(14)10-18/h6-8,13-14,17-18H,2-5,10H2,1H3. The molecule has 1 aliphatic carbocycles. The minimum Gasteiger partial charge on any atom is -0.396 e. The van der Waals surface area contributed by atoms with Crippen molar-refractivity contribution in [2.24, 2.45) is 5.92 Å². The summed E-state index contributed by atoms with van der Waals surface area (Å²) in [5, 5.41) is 18.2. The van der Waals surface area contributed by atoms with Gasteiger partial charge in [0.2, 0.25) is 10.0 Å². The van der Waals surface area contributed by atoms with Crippen LogP contribution in [0.4, 0.5) is 0 Å². The van der Waals surface area contributed by atoms with Gasteiger partial charge in [0.1, 0.15) is 0 Å². The summed E-state index contributed by atoms with van der Waals surface area (Å²) in [4.78, 5) is 0.198. The highest BCUT2D eigenvalue weighted by Crippen LogP contribution is 2.26. The summed E-state index contributed by atoms with van der Waals surface area (Å²) >= 11 is 0. The molecule has 0 spiro atoms. The van der Waals surface area contributed by atoms with Crippen LogP contribution < -0.4 is 4.72 Å². The maximum atomic E-state index is 12.5. The molecule has 1 aromatic rings. The summed E-state index contributed by atoms with van der Waals surface area (Å²) in [5.41, 5.74) is 0.996. The highest BCUT2D eigenvalue weighted by molar-refractivity contribution is 7.89. The Balaban J connectivity index is 2.24. The van der Waals surface area contributed by atoms with E-state index in [1.54, 1.807) is 13.0 Å². The van der Waals surface area contributed by atoms with Gasteiger partial charge in [0.05, 0.1) is 16.5 Å². The predicted octanol–water partition coefficient (Wildman–Crippen LogP) is 1.70. The van der Waals surface area contributed by atoms with Crippen LogP contribution in [0.3, 0.4) is 0 Å². The average Bonchev–Trinajstić information content (AvgIpc) is 2.47. The topological polar surface area (TPSA) is 90.2 Å². The van der Waals surface area contributed by atoms with E-state index in [0.717, 1.165) is 25.7 Å². The molecule has 1 saturated carbocycles. The van der Waals surface area contributed by atoms with E-state index >= 15 is 0 Å². The zero-order valence-corrected chi connectivity index (χ0v) is 12.9. The second kappa shape index (κ2) is 6.56. The maximum Gasteiger partial charge on any atom is 0.241 e. The lowest BCUT2D eigenvalue weighted by atomic mass is 9.86. The molecular weight excluding hydrogens is 288 g/mol. The molecule has 2 rings (SSSR count). The number of benzene rings is 1. The van der Waals surface area contributed by atoms with Gasteiger partial charge in [0, 0.05) is 12.6 Å². The second-order valence-electron chi connectivity index (χ2n) is 5.55. The molecule has 0 aromatic heterocycles. The van der Waals surface area contributed by atoms with Crippen molar-refractivity contribution in [2.45, 2.75) is 43.5 Å². The van der Waals surface area contributed by atoms with Crippen molar-refractivity contribution in [1.82, 2.24) is 4.72 Å². The van der Waals surface area contributed by atoms with Crippen LogP contribution in [-0.2, 0) is 10.0 Å². The van der Waals surface area contributed by atoms with E-state index in [9.17, 15) is 13.5 Å². The van der Waals surface area contributed by atoms with E-state index in [2.05, 4.69) is 4.72 Å². The van der Waals surface area contributed by atoms with Crippen LogP contribution >= 0.6 is 0 Å². The Hall–Kier alpha value is -1.42. The molecule has 0 radical (unpaired) electrons. The van der Waals surface area contributed by atoms with E-state index in [0.29, 0.717) is 11.1 Å². The van der Waals surface area contributed by atoms with Gasteiger partial charge >= 0.3 is 0 Å². The fourth-order valence-electron chi connectivity index (χ4n) is 2.86. The Morgan fingerprint density at radius 3 is 2.71 bits per heavy atom. The highest BCUT2D eigenvalue weighted by atomic mass is 32.2. The Kier molecular flexibility index (Phi) is 4.99. The number of aliphatic hydroxyl groups excluding tert-OH is 1. The Labute approximate surface area is 125 Å². The summed E-state index contributed by atoms with van der Waals surface area (Å²) in [7, 11) is -3.63. The summed E-state index contributed by atoms with van der Waals surface area (Å²) in [6, 6.07) is 6.32. The van der Waals surface area contributed by atoms with Crippen LogP contribution in [-0.4, -0.2) is 26.2 Å². The number of hydrogen-bond acceptors (Lipinski definition) is 4. The third-order valence-electron chi connectivity index (χ3n) is 4.04. The number of aryl methyl sites for hydroxylation is 1. The zero-order chi connectivity index (χ0) is 15.5. The van der Waals surface area contributed by atoms with Gasteiger partial charge < -0.3 is 5.11 Å². The molecule has 1 fully saturated rings. The first-order valence-corrected chi connectivity index (χ1v) is 8.60. The fourth-order valence-corrected chi connectivity index (χ4v) is 4.43. The molecule has 114 valence electrons. The molecule has 1 aromatic carbocycles. The third-order valence-corrected chi connectivity index (χ3v) is 5.69. The van der Waals surface area contributed by atoms with Crippen molar-refractivity contribution in [1.29, 1.82) is 5.26 Å². The molecule has 0 saturated heterocycles. The number of sulfonamides is 1. The third kappa shape index (κ3) is 3.62. The van der Waals surface area contributed by atoms with E-state index < -0.39 is 10.0 Å². The van der Waals surface area contributed by atoms with Gasteiger partial charge in [-0.05, 0) is 49.4 Å². The zero-order valence-electron chi connectivity index (χ0n) is 12.0. The van der Waals surface area contributed by atoms with Crippen LogP contribution in [0.1, 0.15) is 36.8 Å². The first-order valence-electron chi connectivity index (χ1n) is 7.12. The molecule has 0 bridgehead atoms. The number of hydrogen-bond donors (Lipinski definition) is 2. The molecule has 2 unspecified atom stereocenters. The molecule has 0 amide bonds. The molecule has 5 nitrogen and oxygen atoms in total. The summed E-state index contributed by atoms with van der Waals surface area (Å²) < 4.78 is 27.7. The van der Waals surface area contributed by atoms with Crippen molar-refractivity contribution in [3.63, 3.8) is 0 Å². The van der Waals surface area contributed by atoms with Gasteiger partial charge in [0.15, 0.2) is 0 Å². The maximum absolute atomic E-state index is 12.5. The van der Waals surface area contributed by atoms with Crippen molar-refractivity contribution >= 4 is 10.0 Å². The van der Waals surface area contributed by atoms with E-state index in [1.807, 2.05) is 6.07 Å². The number of aliphatic hydroxyl groups is 1. The summed E-state index contributed by atoms with van der Waals surface area (Å²) in [6.45, 7) is 1.68. The van der Waals surface area contributed by atoms with Crippen LogP contribution in [0.5, 0.6) is 0 Å². The van der Waals surface area contributed by atoms with Gasteiger partial charge in [-0.2, -0.15) is 5.26 Å². The van der Waals surface area contributed by atoms with Crippen molar-refractivity contribution in [2.75, 3.05) is 6.61 Å². The fraction of sp³-hybridized carbons (Fsp3) is 0.533. The second-order valence-corrected chi connectivity index (χ2v) is 7.23. The van der Waals surface area contributed by atoms with Gasteiger partial charge in [-0.15, -0.1) is 0 Å². The van der Waals surface area contributed by atoms with Gasteiger partial charge in [-0.25, -0.2) is 13.1 Å². The van der Waals surface area contributed by atoms with E-state index in [4.69, 9.17) is 5.26 Å². The SMILES string of the molecule is Cc1cc(C#N)ccc1S(=O)(=O)NC1CCCCC1CO. The highest BCUT2D eigenvalue weighted by Gasteiger charge is 2.29. The number of nitrogens with zero attached hydrogens (tertiary/aromatic N) is 1. The molecule has 0 heterocycles. The Morgan fingerprint density at radius 2 is 2.10 bits per heavy atom. The smallest absolute Gasteiger partial charge is 0.241 e. The molecule has 1 aliphatic rings. The quantitative estimate of drug-likeness (QED) is 0.885. The first-order chi connectivity index (χ1) is 9.97. The van der Waals surface area contributed by atoms with Crippen LogP contribution in [0.15, 0.2) is 23.1 Å². The van der Waals surface area contributed by atoms with Crippen molar-refractivity contribution in [3.8, 4) is 6.07 Å². The lowest BCUT2D eigenvalue weighted by molar-refractivity contribution is 0.164. The predicted molar refractivity (Wildman–Crippen MR) is 79.0 cm³/mol. The van der Waals surface area contributed by atoms with Gasteiger partial charge in [0.25, 0.3) is 0 Å². The minimum absolute atomic E-state index is 0.000457. The molecule has 6 heteroatoms. The number of nitrogens with one attached hydrogen (secondary N) is 1. The number of nitriles is 1. The van der Waals surface area contributed by atoms with E-state index in [-0.39, 0.29) is 23.5 Å². The summed E-state index contributed by atoms with van der Waals surface area (Å²) in [5.74, 6) is -0.0211. The summed E-state index contributed by atoms with van der Waals surface area (Å²) in [6.07, 6.45) is 3.59. The Morgan fingerprint density at radius 1 is 1.38 bits per heavy atom. The molecule has 2 N–H and O–H groups in total. The molecule has 0 aliphatic heterocycles. The number of rotatable bonds is 4. The molecule has 21 heavy (non-hydrogen) atoms. The average molecular weight is 308 g/mol. The minimum atomic E-state index is -3.63. The molecular formula is C15H20N2O3S. The molecule has 2 atom stereocenters. The van der Waals surface area contributed by atoms with Crippen LogP contribution in [0.2, 0.25) is 0 Å². The Bertz CT molecular complexity index is 649. The van der Waals surface area contributed by atoms with Crippen LogP contribution in [0, 0.1) is 24.2 Å². The monoisotopic (exact) mass is 308 g/mol. The lowest BCUT2D eigenvalue weighted by Gasteiger charge is -2.30. The van der Waals surface area contributed by atoms with Gasteiger partial charge in [-0.1, -0.05) is 12.8 Å². The lowest BCUT2D eigenvalue weighted by Crippen LogP contribution is -2.43. The largest absolute Gasteiger partial charge is 0.396 e.